The van der Waals surface area contributed by atoms with Crippen LogP contribution in [0, 0.1) is 0 Å². The molecule has 23 heavy (non-hydrogen) atoms. The highest BCUT2D eigenvalue weighted by Crippen LogP contribution is 2.38. The van der Waals surface area contributed by atoms with E-state index in [1.54, 1.807) is 0 Å². The minimum atomic E-state index is 0.396. The zero-order valence-electron chi connectivity index (χ0n) is 12.2. The molecule has 0 spiro atoms. The third kappa shape index (κ3) is 2.21. The van der Waals surface area contributed by atoms with Gasteiger partial charge in [-0.3, -0.25) is 4.79 Å². The topological polar surface area (TPSA) is 40.5 Å². The molecule has 1 aromatic heterocycles. The highest BCUT2D eigenvalue weighted by atomic mass is 16.5. The van der Waals surface area contributed by atoms with Crippen molar-refractivity contribution in [2.45, 2.75) is 0 Å². The van der Waals surface area contributed by atoms with Crippen LogP contribution in [-0.2, 0) is 9.53 Å². The Morgan fingerprint density at radius 2 is 1.70 bits per heavy atom. The minimum absolute atomic E-state index is 0.396. The molecule has 4 rings (SSSR count). The van der Waals surface area contributed by atoms with Gasteiger partial charge in [-0.25, -0.2) is 0 Å². The molecular formula is C19H13NO3. The Hall–Kier alpha value is -3.27. The van der Waals surface area contributed by atoms with Crippen LogP contribution in [0.15, 0.2) is 72.9 Å². The molecule has 0 aliphatic carbocycles. The fourth-order valence-corrected chi connectivity index (χ4v) is 2.73. The Morgan fingerprint density at radius 3 is 2.52 bits per heavy atom. The SMILES string of the molecule is O=COC1=C(c2ccccc2)Oc2ccccc2-n2cccc21. The molecule has 4 nitrogen and oxygen atoms in total. The molecule has 0 radical (unpaired) electrons. The Labute approximate surface area is 133 Å². The van der Waals surface area contributed by atoms with Crippen molar-refractivity contribution in [3.8, 4) is 11.4 Å². The van der Waals surface area contributed by atoms with Gasteiger partial charge >= 0.3 is 0 Å². The van der Waals surface area contributed by atoms with Crippen molar-refractivity contribution in [3.05, 3.63) is 84.2 Å². The highest BCUT2D eigenvalue weighted by Gasteiger charge is 2.24. The van der Waals surface area contributed by atoms with E-state index in [-0.39, 0.29) is 0 Å². The minimum Gasteiger partial charge on any atom is -0.451 e. The van der Waals surface area contributed by atoms with E-state index in [9.17, 15) is 4.79 Å². The first kappa shape index (κ1) is 13.4. The summed E-state index contributed by atoms with van der Waals surface area (Å²) in [5.74, 6) is 1.61. The predicted molar refractivity (Wildman–Crippen MR) is 86.8 cm³/mol. The van der Waals surface area contributed by atoms with Gasteiger partial charge < -0.3 is 14.0 Å². The summed E-state index contributed by atoms with van der Waals surface area (Å²) < 4.78 is 13.4. The van der Waals surface area contributed by atoms with E-state index in [0.717, 1.165) is 16.9 Å². The number of carbonyl (C=O) groups is 1. The lowest BCUT2D eigenvalue weighted by molar-refractivity contribution is -0.122. The van der Waals surface area contributed by atoms with Gasteiger partial charge in [-0.2, -0.15) is 0 Å². The number of nitrogens with zero attached hydrogens (tertiary/aromatic N) is 1. The third-order valence-corrected chi connectivity index (χ3v) is 3.73. The summed E-state index contributed by atoms with van der Waals surface area (Å²) in [6.07, 6.45) is 1.92. The predicted octanol–water partition coefficient (Wildman–Crippen LogP) is 3.87. The summed E-state index contributed by atoms with van der Waals surface area (Å²) in [7, 11) is 0. The zero-order chi connectivity index (χ0) is 15.6. The number of hydrogen-bond donors (Lipinski definition) is 0. The molecule has 2 heterocycles. The van der Waals surface area contributed by atoms with Gasteiger partial charge in [-0.1, -0.05) is 42.5 Å². The summed E-state index contributed by atoms with van der Waals surface area (Å²) in [6, 6.07) is 21.1. The second-order valence-corrected chi connectivity index (χ2v) is 5.07. The largest absolute Gasteiger partial charge is 0.451 e. The fourth-order valence-electron chi connectivity index (χ4n) is 2.73. The van der Waals surface area contributed by atoms with Crippen LogP contribution in [0.5, 0.6) is 5.75 Å². The molecule has 112 valence electrons. The first-order chi connectivity index (χ1) is 11.4. The van der Waals surface area contributed by atoms with Crippen molar-refractivity contribution < 1.29 is 14.3 Å². The molecule has 0 saturated heterocycles. The van der Waals surface area contributed by atoms with Crippen molar-refractivity contribution >= 4 is 18.0 Å². The van der Waals surface area contributed by atoms with Crippen LogP contribution in [0.2, 0.25) is 0 Å². The lowest BCUT2D eigenvalue weighted by Gasteiger charge is -2.12. The highest BCUT2D eigenvalue weighted by molar-refractivity contribution is 5.88. The Bertz CT molecular complexity index is 894. The first-order valence-corrected chi connectivity index (χ1v) is 7.23. The molecule has 3 aromatic rings. The zero-order valence-corrected chi connectivity index (χ0v) is 12.2. The maximum absolute atomic E-state index is 11.0. The van der Waals surface area contributed by atoms with Crippen LogP contribution in [0.1, 0.15) is 11.3 Å². The Balaban J connectivity index is 2.02. The molecule has 0 N–H and O–H groups in total. The maximum Gasteiger partial charge on any atom is 0.298 e. The molecular weight excluding hydrogens is 290 g/mol. The molecule has 2 aromatic carbocycles. The number of fused-ring (bicyclic) bond motifs is 3. The Morgan fingerprint density at radius 1 is 0.913 bits per heavy atom. The van der Waals surface area contributed by atoms with Crippen LogP contribution in [0.25, 0.3) is 17.2 Å². The van der Waals surface area contributed by atoms with Crippen molar-refractivity contribution in [3.63, 3.8) is 0 Å². The van der Waals surface area contributed by atoms with E-state index in [2.05, 4.69) is 0 Å². The maximum atomic E-state index is 11.0. The van der Waals surface area contributed by atoms with Gasteiger partial charge in [0.1, 0.15) is 0 Å². The van der Waals surface area contributed by atoms with Gasteiger partial charge in [0.15, 0.2) is 17.3 Å². The van der Waals surface area contributed by atoms with Gasteiger partial charge in [0.2, 0.25) is 0 Å². The third-order valence-electron chi connectivity index (χ3n) is 3.73. The summed E-state index contributed by atoms with van der Waals surface area (Å²) in [5.41, 5.74) is 2.50. The van der Waals surface area contributed by atoms with Gasteiger partial charge in [0.05, 0.1) is 11.4 Å². The molecule has 1 aliphatic heterocycles. The fraction of sp³-hybridized carbons (Fsp3) is 0. The van der Waals surface area contributed by atoms with Gasteiger partial charge in [-0.05, 0) is 24.3 Å². The normalized spacial score (nSPS) is 12.7. The van der Waals surface area contributed by atoms with Crippen molar-refractivity contribution in [2.24, 2.45) is 0 Å². The summed E-state index contributed by atoms with van der Waals surface area (Å²) >= 11 is 0. The van der Waals surface area contributed by atoms with Crippen molar-refractivity contribution in [1.29, 1.82) is 0 Å². The van der Waals surface area contributed by atoms with E-state index in [1.165, 1.54) is 0 Å². The van der Waals surface area contributed by atoms with Crippen LogP contribution < -0.4 is 4.74 Å². The number of hydrogen-bond acceptors (Lipinski definition) is 3. The second-order valence-electron chi connectivity index (χ2n) is 5.07. The average molecular weight is 303 g/mol. The quantitative estimate of drug-likeness (QED) is 0.690. The molecule has 4 heteroatoms. The number of rotatable bonds is 3. The molecule has 0 atom stereocenters. The number of para-hydroxylation sites is 2. The van der Waals surface area contributed by atoms with Crippen molar-refractivity contribution in [1.82, 2.24) is 4.57 Å². The van der Waals surface area contributed by atoms with E-state index in [4.69, 9.17) is 9.47 Å². The number of ether oxygens (including phenoxy) is 2. The lowest BCUT2D eigenvalue weighted by atomic mass is 10.1. The monoisotopic (exact) mass is 303 g/mol. The number of benzene rings is 2. The summed E-state index contributed by atoms with van der Waals surface area (Å²) in [6.45, 7) is 0.426. The van der Waals surface area contributed by atoms with Crippen LogP contribution in [0.3, 0.4) is 0 Å². The van der Waals surface area contributed by atoms with Gasteiger partial charge in [0.25, 0.3) is 6.47 Å². The molecule has 0 bridgehead atoms. The van der Waals surface area contributed by atoms with Gasteiger partial charge in [-0.15, -0.1) is 0 Å². The first-order valence-electron chi connectivity index (χ1n) is 7.23. The van der Waals surface area contributed by atoms with E-state index in [1.807, 2.05) is 77.5 Å². The molecule has 0 unspecified atom stereocenters. The smallest absolute Gasteiger partial charge is 0.298 e. The van der Waals surface area contributed by atoms with Gasteiger partial charge in [0, 0.05) is 11.8 Å². The standard InChI is InChI=1S/C19H13NO3/c21-13-22-19-16-10-6-12-20(16)15-9-4-5-11-17(15)23-18(19)14-7-2-1-3-8-14/h1-13H. The number of aromatic nitrogens is 1. The molecule has 1 aliphatic rings. The van der Waals surface area contributed by atoms with E-state index >= 15 is 0 Å². The van der Waals surface area contributed by atoms with E-state index < -0.39 is 0 Å². The van der Waals surface area contributed by atoms with Crippen LogP contribution in [0.4, 0.5) is 0 Å². The van der Waals surface area contributed by atoms with Crippen molar-refractivity contribution in [2.75, 3.05) is 0 Å². The van der Waals surface area contributed by atoms with Crippen LogP contribution in [-0.4, -0.2) is 11.0 Å². The Kier molecular flexibility index (Phi) is 3.20. The summed E-state index contributed by atoms with van der Waals surface area (Å²) in [4.78, 5) is 11.0. The van der Waals surface area contributed by atoms with Crippen LogP contribution >= 0.6 is 0 Å². The lowest BCUT2D eigenvalue weighted by Crippen LogP contribution is -2.01. The second kappa shape index (κ2) is 5.50. The molecule has 0 amide bonds. The summed E-state index contributed by atoms with van der Waals surface area (Å²) in [5, 5.41) is 0. The number of carbonyl (C=O) groups excluding carboxylic acids is 1. The average Bonchev–Trinajstić information content (AvgIpc) is 3.04. The van der Waals surface area contributed by atoms with E-state index in [0.29, 0.717) is 23.7 Å². The molecule has 0 fully saturated rings. The molecule has 0 saturated carbocycles.